The number of nitrogens with zero attached hydrogens (tertiary/aromatic N) is 1. The first-order chi connectivity index (χ1) is 8.77. The van der Waals surface area contributed by atoms with Gasteiger partial charge in [-0.15, -0.1) is 23.1 Å². The van der Waals surface area contributed by atoms with E-state index < -0.39 is 0 Å². The van der Waals surface area contributed by atoms with Crippen molar-refractivity contribution in [1.82, 2.24) is 10.3 Å². The number of amides is 1. The zero-order chi connectivity index (χ0) is 12.8. The Balaban J connectivity index is 1.73. The number of nitrogens with one attached hydrogen (secondary N) is 1. The summed E-state index contributed by atoms with van der Waals surface area (Å²) in [6.45, 7) is 2.51. The fourth-order valence-corrected chi connectivity index (χ4v) is 2.96. The van der Waals surface area contributed by atoms with E-state index in [0.717, 1.165) is 11.4 Å². The summed E-state index contributed by atoms with van der Waals surface area (Å²) in [7, 11) is 0. The third kappa shape index (κ3) is 3.58. The number of hydrogen-bond donors (Lipinski definition) is 1. The Labute approximate surface area is 115 Å². The summed E-state index contributed by atoms with van der Waals surface area (Å²) in [6, 6.07) is 10.2. The number of thioether (sulfide) groups is 1. The lowest BCUT2D eigenvalue weighted by atomic mass is 10.4. The quantitative estimate of drug-likeness (QED) is 0.675. The molecule has 0 aliphatic heterocycles. The van der Waals surface area contributed by atoms with Crippen LogP contribution in [0.15, 0.2) is 40.7 Å². The monoisotopic (exact) mass is 278 g/mol. The molecule has 1 N–H and O–H groups in total. The zero-order valence-electron chi connectivity index (χ0n) is 10.1. The van der Waals surface area contributed by atoms with E-state index in [0.29, 0.717) is 11.4 Å². The number of rotatable bonds is 5. The van der Waals surface area contributed by atoms with Crippen molar-refractivity contribution >= 4 is 29.0 Å². The van der Waals surface area contributed by atoms with E-state index >= 15 is 0 Å². The summed E-state index contributed by atoms with van der Waals surface area (Å²) in [5, 5.41) is 2.91. The summed E-state index contributed by atoms with van der Waals surface area (Å²) in [5.74, 6) is 0.844. The van der Waals surface area contributed by atoms with Gasteiger partial charge in [0, 0.05) is 17.2 Å². The molecule has 2 rings (SSSR count). The van der Waals surface area contributed by atoms with Crippen molar-refractivity contribution in [3.05, 3.63) is 46.4 Å². The molecule has 0 radical (unpaired) electrons. The number of carbonyl (C=O) groups is 1. The van der Waals surface area contributed by atoms with Crippen LogP contribution in [0.4, 0.5) is 0 Å². The maximum Gasteiger partial charge on any atom is 0.263 e. The summed E-state index contributed by atoms with van der Waals surface area (Å²) >= 11 is 3.12. The molecule has 0 saturated heterocycles. The molecule has 5 heteroatoms. The summed E-state index contributed by atoms with van der Waals surface area (Å²) in [4.78, 5) is 17.8. The summed E-state index contributed by atoms with van der Waals surface area (Å²) in [5.41, 5.74) is 2.50. The van der Waals surface area contributed by atoms with Gasteiger partial charge in [-0.05, 0) is 19.1 Å². The van der Waals surface area contributed by atoms with Gasteiger partial charge in [0.1, 0.15) is 4.88 Å². The van der Waals surface area contributed by atoms with Crippen molar-refractivity contribution in [2.75, 3.05) is 12.3 Å². The number of aryl methyl sites for hydroxylation is 1. The normalized spacial score (nSPS) is 10.3. The van der Waals surface area contributed by atoms with E-state index in [1.807, 2.05) is 25.1 Å². The van der Waals surface area contributed by atoms with Crippen molar-refractivity contribution < 1.29 is 4.79 Å². The van der Waals surface area contributed by atoms with Crippen LogP contribution in [0.3, 0.4) is 0 Å². The smallest absolute Gasteiger partial charge is 0.263 e. The largest absolute Gasteiger partial charge is 0.350 e. The van der Waals surface area contributed by atoms with Crippen molar-refractivity contribution in [2.45, 2.75) is 11.8 Å². The Hall–Kier alpha value is -1.33. The molecule has 0 fully saturated rings. The van der Waals surface area contributed by atoms with Gasteiger partial charge in [-0.3, -0.25) is 4.79 Å². The predicted molar refractivity (Wildman–Crippen MR) is 76.4 cm³/mol. The van der Waals surface area contributed by atoms with E-state index in [9.17, 15) is 4.79 Å². The van der Waals surface area contributed by atoms with Crippen LogP contribution in [-0.2, 0) is 0 Å². The lowest BCUT2D eigenvalue weighted by Gasteiger charge is -2.04. The molecule has 1 aromatic heterocycles. The minimum absolute atomic E-state index is 0.0244. The molecule has 2 aromatic rings. The summed E-state index contributed by atoms with van der Waals surface area (Å²) in [6.07, 6.45) is 0. The van der Waals surface area contributed by atoms with Crippen LogP contribution in [0, 0.1) is 6.92 Å². The van der Waals surface area contributed by atoms with Gasteiger partial charge in [-0.25, -0.2) is 4.98 Å². The maximum absolute atomic E-state index is 11.8. The SMILES string of the molecule is Cc1ncsc1C(=O)NCCSc1ccccc1. The standard InChI is InChI=1S/C13H14N2OS2/c1-10-12(18-9-15-10)13(16)14-7-8-17-11-5-3-2-4-6-11/h2-6,9H,7-8H2,1H3,(H,14,16). The van der Waals surface area contributed by atoms with Crippen LogP contribution in [0.25, 0.3) is 0 Å². The fraction of sp³-hybridized carbons (Fsp3) is 0.231. The first-order valence-electron chi connectivity index (χ1n) is 5.63. The van der Waals surface area contributed by atoms with Gasteiger partial charge in [-0.2, -0.15) is 0 Å². The molecule has 0 unspecified atom stereocenters. The third-order valence-electron chi connectivity index (χ3n) is 2.35. The average molecular weight is 278 g/mol. The fourth-order valence-electron chi connectivity index (χ4n) is 1.45. The van der Waals surface area contributed by atoms with Gasteiger partial charge < -0.3 is 5.32 Å². The highest BCUT2D eigenvalue weighted by Crippen LogP contribution is 2.16. The molecule has 0 aliphatic carbocycles. The van der Waals surface area contributed by atoms with Crippen molar-refractivity contribution in [3.8, 4) is 0 Å². The van der Waals surface area contributed by atoms with Gasteiger partial charge in [-0.1, -0.05) is 18.2 Å². The Bertz CT molecular complexity index is 511. The molecular weight excluding hydrogens is 264 g/mol. The maximum atomic E-state index is 11.8. The number of carbonyl (C=O) groups excluding carboxylic acids is 1. The first kappa shape index (κ1) is 13.1. The van der Waals surface area contributed by atoms with E-state index in [-0.39, 0.29) is 5.91 Å². The molecule has 3 nitrogen and oxygen atoms in total. The first-order valence-corrected chi connectivity index (χ1v) is 7.50. The van der Waals surface area contributed by atoms with Gasteiger partial charge in [0.05, 0.1) is 11.2 Å². The van der Waals surface area contributed by atoms with E-state index in [1.165, 1.54) is 16.2 Å². The lowest BCUT2D eigenvalue weighted by molar-refractivity contribution is 0.0959. The molecule has 0 bridgehead atoms. The molecule has 1 amide bonds. The van der Waals surface area contributed by atoms with Gasteiger partial charge >= 0.3 is 0 Å². The second-order valence-corrected chi connectivity index (χ2v) is 5.71. The lowest BCUT2D eigenvalue weighted by Crippen LogP contribution is -2.25. The Morgan fingerprint density at radius 3 is 2.83 bits per heavy atom. The minimum atomic E-state index is -0.0244. The highest BCUT2D eigenvalue weighted by molar-refractivity contribution is 7.99. The minimum Gasteiger partial charge on any atom is -0.350 e. The number of aromatic nitrogens is 1. The molecule has 0 saturated carbocycles. The molecule has 1 aromatic carbocycles. The van der Waals surface area contributed by atoms with Crippen LogP contribution >= 0.6 is 23.1 Å². The van der Waals surface area contributed by atoms with Gasteiger partial charge in [0.25, 0.3) is 5.91 Å². The van der Waals surface area contributed by atoms with Crippen LogP contribution < -0.4 is 5.32 Å². The topological polar surface area (TPSA) is 42.0 Å². The number of hydrogen-bond acceptors (Lipinski definition) is 4. The van der Waals surface area contributed by atoms with Crippen molar-refractivity contribution in [2.24, 2.45) is 0 Å². The number of benzene rings is 1. The van der Waals surface area contributed by atoms with E-state index in [4.69, 9.17) is 0 Å². The van der Waals surface area contributed by atoms with Crippen LogP contribution in [0.1, 0.15) is 15.4 Å². The predicted octanol–water partition coefficient (Wildman–Crippen LogP) is 2.97. The second-order valence-electron chi connectivity index (χ2n) is 3.68. The van der Waals surface area contributed by atoms with E-state index in [1.54, 1.807) is 17.3 Å². The summed E-state index contributed by atoms with van der Waals surface area (Å²) < 4.78 is 0. The second kappa shape index (κ2) is 6.56. The molecule has 0 spiro atoms. The molecule has 0 aliphatic rings. The molecule has 18 heavy (non-hydrogen) atoms. The molecule has 94 valence electrons. The Kier molecular flexibility index (Phi) is 4.78. The molecule has 0 atom stereocenters. The highest BCUT2D eigenvalue weighted by Gasteiger charge is 2.10. The highest BCUT2D eigenvalue weighted by atomic mass is 32.2. The van der Waals surface area contributed by atoms with Crippen molar-refractivity contribution in [1.29, 1.82) is 0 Å². The third-order valence-corrected chi connectivity index (χ3v) is 4.29. The van der Waals surface area contributed by atoms with E-state index in [2.05, 4.69) is 22.4 Å². The van der Waals surface area contributed by atoms with Crippen LogP contribution in [0.2, 0.25) is 0 Å². The zero-order valence-corrected chi connectivity index (χ0v) is 11.7. The average Bonchev–Trinajstić information content (AvgIpc) is 2.82. The Morgan fingerprint density at radius 1 is 1.39 bits per heavy atom. The van der Waals surface area contributed by atoms with Crippen LogP contribution in [-0.4, -0.2) is 23.2 Å². The molecule has 1 heterocycles. The van der Waals surface area contributed by atoms with Gasteiger partial charge in [0.15, 0.2) is 0 Å². The Morgan fingerprint density at radius 2 is 2.17 bits per heavy atom. The molecular formula is C13H14N2OS2. The number of thiazole rings is 1. The van der Waals surface area contributed by atoms with Crippen LogP contribution in [0.5, 0.6) is 0 Å². The van der Waals surface area contributed by atoms with Crippen molar-refractivity contribution in [3.63, 3.8) is 0 Å². The van der Waals surface area contributed by atoms with Gasteiger partial charge in [0.2, 0.25) is 0 Å².